The van der Waals surface area contributed by atoms with Crippen molar-refractivity contribution in [1.82, 2.24) is 9.80 Å². The van der Waals surface area contributed by atoms with E-state index < -0.39 is 0 Å². The third-order valence-electron chi connectivity index (χ3n) is 3.66. The summed E-state index contributed by atoms with van der Waals surface area (Å²) in [6, 6.07) is 7.12. The van der Waals surface area contributed by atoms with Crippen LogP contribution in [0.1, 0.15) is 6.42 Å². The van der Waals surface area contributed by atoms with Gasteiger partial charge in [0.25, 0.3) is 0 Å². The van der Waals surface area contributed by atoms with Crippen molar-refractivity contribution in [2.75, 3.05) is 51.2 Å². The average Bonchev–Trinajstić information content (AvgIpc) is 2.49. The number of amides is 1. The molecule has 2 rings (SSSR count). The number of piperazine rings is 1. The van der Waals surface area contributed by atoms with Gasteiger partial charge in [-0.25, -0.2) is 0 Å². The highest BCUT2D eigenvalue weighted by molar-refractivity contribution is 6.30. The standard InChI is InChI=1S/C15H22ClN3O2/c16-13-1-3-14(4-2-13)17-15(21)5-6-18-7-9-19(10-8-18)11-12-20/h1-4,20H,5-12H2,(H,17,21). The molecular formula is C15H22ClN3O2. The summed E-state index contributed by atoms with van der Waals surface area (Å²) in [7, 11) is 0. The number of aliphatic hydroxyl groups excluding tert-OH is 1. The normalized spacial score (nSPS) is 16.9. The summed E-state index contributed by atoms with van der Waals surface area (Å²) in [4.78, 5) is 16.4. The quantitative estimate of drug-likeness (QED) is 0.831. The van der Waals surface area contributed by atoms with Crippen LogP contribution < -0.4 is 5.32 Å². The molecule has 6 heteroatoms. The fourth-order valence-electron chi connectivity index (χ4n) is 2.39. The lowest BCUT2D eigenvalue weighted by Crippen LogP contribution is -2.47. The predicted molar refractivity (Wildman–Crippen MR) is 84.7 cm³/mol. The van der Waals surface area contributed by atoms with Gasteiger partial charge in [0.2, 0.25) is 5.91 Å². The molecule has 0 aliphatic carbocycles. The number of carbonyl (C=O) groups is 1. The van der Waals surface area contributed by atoms with Gasteiger partial charge < -0.3 is 15.3 Å². The first kappa shape index (κ1) is 16.2. The Hall–Kier alpha value is -1.14. The predicted octanol–water partition coefficient (Wildman–Crippen LogP) is 1.28. The van der Waals surface area contributed by atoms with Crippen LogP contribution in [0.25, 0.3) is 0 Å². The molecule has 1 saturated heterocycles. The number of nitrogens with one attached hydrogen (secondary N) is 1. The van der Waals surface area contributed by atoms with E-state index >= 15 is 0 Å². The van der Waals surface area contributed by atoms with Crippen LogP contribution in [0.5, 0.6) is 0 Å². The lowest BCUT2D eigenvalue weighted by molar-refractivity contribution is -0.116. The minimum atomic E-state index is 0.0233. The van der Waals surface area contributed by atoms with Crippen molar-refractivity contribution in [3.63, 3.8) is 0 Å². The molecular weight excluding hydrogens is 290 g/mol. The number of hydrogen-bond acceptors (Lipinski definition) is 4. The lowest BCUT2D eigenvalue weighted by Gasteiger charge is -2.34. The summed E-state index contributed by atoms with van der Waals surface area (Å²) in [5, 5.41) is 12.4. The van der Waals surface area contributed by atoms with Gasteiger partial charge in [0.1, 0.15) is 0 Å². The Balaban J connectivity index is 1.66. The van der Waals surface area contributed by atoms with Crippen LogP contribution in [0.3, 0.4) is 0 Å². The number of benzene rings is 1. The summed E-state index contributed by atoms with van der Waals surface area (Å²) in [6.07, 6.45) is 0.489. The Labute approximate surface area is 130 Å². The van der Waals surface area contributed by atoms with Crippen molar-refractivity contribution < 1.29 is 9.90 Å². The van der Waals surface area contributed by atoms with Crippen molar-refractivity contribution in [3.05, 3.63) is 29.3 Å². The maximum Gasteiger partial charge on any atom is 0.225 e. The Kier molecular flexibility index (Phi) is 6.45. The van der Waals surface area contributed by atoms with Gasteiger partial charge in [0.05, 0.1) is 6.61 Å². The molecule has 0 aromatic heterocycles. The average molecular weight is 312 g/mol. The molecule has 1 aliphatic heterocycles. The highest BCUT2D eigenvalue weighted by atomic mass is 35.5. The van der Waals surface area contributed by atoms with E-state index in [-0.39, 0.29) is 12.5 Å². The van der Waals surface area contributed by atoms with Gasteiger partial charge in [-0.2, -0.15) is 0 Å². The zero-order valence-electron chi connectivity index (χ0n) is 12.1. The van der Waals surface area contributed by atoms with Gasteiger partial charge in [-0.15, -0.1) is 0 Å². The van der Waals surface area contributed by atoms with Crippen molar-refractivity contribution in [3.8, 4) is 0 Å². The van der Waals surface area contributed by atoms with E-state index in [1.165, 1.54) is 0 Å². The molecule has 0 spiro atoms. The minimum absolute atomic E-state index is 0.0233. The molecule has 2 N–H and O–H groups in total. The fraction of sp³-hybridized carbons (Fsp3) is 0.533. The number of rotatable bonds is 6. The van der Waals surface area contributed by atoms with E-state index in [0.29, 0.717) is 11.4 Å². The van der Waals surface area contributed by atoms with Gasteiger partial charge >= 0.3 is 0 Å². The van der Waals surface area contributed by atoms with E-state index in [0.717, 1.165) is 45.0 Å². The summed E-state index contributed by atoms with van der Waals surface area (Å²) in [5.41, 5.74) is 0.775. The molecule has 1 aromatic rings. The smallest absolute Gasteiger partial charge is 0.225 e. The SMILES string of the molecule is O=C(CCN1CCN(CCO)CC1)Nc1ccc(Cl)cc1. The molecule has 1 aromatic carbocycles. The highest BCUT2D eigenvalue weighted by Crippen LogP contribution is 2.13. The highest BCUT2D eigenvalue weighted by Gasteiger charge is 2.16. The first-order valence-corrected chi connectivity index (χ1v) is 7.66. The van der Waals surface area contributed by atoms with Crippen LogP contribution in [0.2, 0.25) is 5.02 Å². The number of aliphatic hydroxyl groups is 1. The monoisotopic (exact) mass is 311 g/mol. The molecule has 1 fully saturated rings. The van der Waals surface area contributed by atoms with Crippen LogP contribution >= 0.6 is 11.6 Å². The Morgan fingerprint density at radius 3 is 2.24 bits per heavy atom. The van der Waals surface area contributed by atoms with Crippen molar-refractivity contribution in [1.29, 1.82) is 0 Å². The van der Waals surface area contributed by atoms with Crippen LogP contribution in [-0.2, 0) is 4.79 Å². The van der Waals surface area contributed by atoms with E-state index in [9.17, 15) is 4.79 Å². The summed E-state index contributed by atoms with van der Waals surface area (Å²) < 4.78 is 0. The van der Waals surface area contributed by atoms with Gasteiger partial charge in [-0.1, -0.05) is 11.6 Å². The first-order chi connectivity index (χ1) is 10.2. The third-order valence-corrected chi connectivity index (χ3v) is 3.92. The largest absolute Gasteiger partial charge is 0.395 e. The molecule has 0 atom stereocenters. The number of β-amino-alcohol motifs (C(OH)–C–C–N with tert-alkyl or cyclic N) is 1. The topological polar surface area (TPSA) is 55.8 Å². The number of halogens is 1. The van der Waals surface area contributed by atoms with Gasteiger partial charge in [-0.05, 0) is 24.3 Å². The third kappa shape index (κ3) is 5.63. The van der Waals surface area contributed by atoms with Crippen molar-refractivity contribution in [2.24, 2.45) is 0 Å². The molecule has 0 radical (unpaired) electrons. The molecule has 21 heavy (non-hydrogen) atoms. The molecule has 0 unspecified atom stereocenters. The van der Waals surface area contributed by atoms with Crippen LogP contribution in [0, 0.1) is 0 Å². The number of carbonyl (C=O) groups excluding carboxylic acids is 1. The molecule has 1 aliphatic rings. The lowest BCUT2D eigenvalue weighted by atomic mass is 10.2. The Morgan fingerprint density at radius 2 is 1.67 bits per heavy atom. The summed E-state index contributed by atoms with van der Waals surface area (Å²) >= 11 is 5.81. The van der Waals surface area contributed by atoms with E-state index in [4.69, 9.17) is 16.7 Å². The molecule has 1 heterocycles. The minimum Gasteiger partial charge on any atom is -0.395 e. The molecule has 5 nitrogen and oxygen atoms in total. The van der Waals surface area contributed by atoms with Crippen LogP contribution in [0.4, 0.5) is 5.69 Å². The summed E-state index contributed by atoms with van der Waals surface area (Å²) in [5.74, 6) is 0.0233. The van der Waals surface area contributed by atoms with Gasteiger partial charge in [0.15, 0.2) is 0 Å². The second kappa shape index (κ2) is 8.34. The molecule has 1 amide bonds. The summed E-state index contributed by atoms with van der Waals surface area (Å²) in [6.45, 7) is 5.54. The maximum absolute atomic E-state index is 11.9. The fourth-order valence-corrected chi connectivity index (χ4v) is 2.52. The van der Waals surface area contributed by atoms with Crippen molar-refractivity contribution >= 4 is 23.2 Å². The molecule has 116 valence electrons. The van der Waals surface area contributed by atoms with Gasteiger partial charge in [-0.3, -0.25) is 9.69 Å². The zero-order valence-corrected chi connectivity index (χ0v) is 12.9. The second-order valence-corrected chi connectivity index (χ2v) is 5.65. The number of nitrogens with zero attached hydrogens (tertiary/aromatic N) is 2. The van der Waals surface area contributed by atoms with Crippen LogP contribution in [-0.4, -0.2) is 66.7 Å². The zero-order chi connectivity index (χ0) is 15.1. The number of hydrogen-bond donors (Lipinski definition) is 2. The van der Waals surface area contributed by atoms with E-state index in [1.54, 1.807) is 24.3 Å². The van der Waals surface area contributed by atoms with E-state index in [2.05, 4.69) is 15.1 Å². The first-order valence-electron chi connectivity index (χ1n) is 7.28. The maximum atomic E-state index is 11.9. The number of anilines is 1. The van der Waals surface area contributed by atoms with E-state index in [1.807, 2.05) is 0 Å². The Bertz CT molecular complexity index is 445. The Morgan fingerprint density at radius 1 is 1.10 bits per heavy atom. The van der Waals surface area contributed by atoms with Gasteiger partial charge in [0, 0.05) is 56.4 Å². The van der Waals surface area contributed by atoms with Crippen LogP contribution in [0.15, 0.2) is 24.3 Å². The van der Waals surface area contributed by atoms with Crippen molar-refractivity contribution in [2.45, 2.75) is 6.42 Å². The molecule has 0 saturated carbocycles. The molecule has 0 bridgehead atoms. The second-order valence-electron chi connectivity index (χ2n) is 5.21.